The van der Waals surface area contributed by atoms with Crippen molar-refractivity contribution in [3.63, 3.8) is 0 Å². The highest BCUT2D eigenvalue weighted by Gasteiger charge is 2.28. The zero-order valence-corrected chi connectivity index (χ0v) is 16.1. The smallest absolute Gasteiger partial charge is 0.223 e. The molecule has 1 aromatic rings. The Morgan fingerprint density at radius 3 is 2.50 bits per heavy atom. The fourth-order valence-electron chi connectivity index (χ4n) is 3.74. The molecule has 0 radical (unpaired) electrons. The lowest BCUT2D eigenvalue weighted by Crippen LogP contribution is -2.49. The third-order valence-electron chi connectivity index (χ3n) is 5.33. The quantitative estimate of drug-likeness (QED) is 0.824. The lowest BCUT2D eigenvalue weighted by Gasteiger charge is -2.33. The summed E-state index contributed by atoms with van der Waals surface area (Å²) in [5, 5.41) is 6.50. The minimum atomic E-state index is 0. The summed E-state index contributed by atoms with van der Waals surface area (Å²) in [6.07, 6.45) is 5.09. The average Bonchev–Trinajstić information content (AvgIpc) is 2.68. The van der Waals surface area contributed by atoms with Crippen molar-refractivity contribution < 1.29 is 9.59 Å². The summed E-state index contributed by atoms with van der Waals surface area (Å²) < 4.78 is 0. The monoisotopic (exact) mass is 379 g/mol. The lowest BCUT2D eigenvalue weighted by atomic mass is 9.94. The molecule has 2 heterocycles. The molecule has 0 saturated carbocycles. The first-order valence-electron chi connectivity index (χ1n) is 9.55. The summed E-state index contributed by atoms with van der Waals surface area (Å²) in [7, 11) is 0. The number of piperidine rings is 2. The molecule has 144 valence electrons. The van der Waals surface area contributed by atoms with E-state index < -0.39 is 0 Å². The van der Waals surface area contributed by atoms with Crippen LogP contribution in [0.15, 0.2) is 30.3 Å². The summed E-state index contributed by atoms with van der Waals surface area (Å²) in [6, 6.07) is 10.4. The first-order chi connectivity index (χ1) is 12.2. The molecule has 3 rings (SSSR count). The highest BCUT2D eigenvalue weighted by molar-refractivity contribution is 5.85. The number of benzene rings is 1. The van der Waals surface area contributed by atoms with Crippen LogP contribution in [0.4, 0.5) is 0 Å². The first-order valence-corrected chi connectivity index (χ1v) is 9.55. The summed E-state index contributed by atoms with van der Waals surface area (Å²) >= 11 is 0. The molecule has 0 spiro atoms. The van der Waals surface area contributed by atoms with Gasteiger partial charge in [0.25, 0.3) is 0 Å². The Hall–Kier alpha value is -1.59. The van der Waals surface area contributed by atoms with E-state index in [-0.39, 0.29) is 36.2 Å². The minimum Gasteiger partial charge on any atom is -0.352 e. The molecule has 1 aromatic carbocycles. The predicted molar refractivity (Wildman–Crippen MR) is 105 cm³/mol. The number of aryl methyl sites for hydroxylation is 1. The van der Waals surface area contributed by atoms with Gasteiger partial charge in [-0.25, -0.2) is 0 Å². The van der Waals surface area contributed by atoms with Crippen LogP contribution in [0.25, 0.3) is 0 Å². The van der Waals surface area contributed by atoms with E-state index in [0.29, 0.717) is 19.5 Å². The van der Waals surface area contributed by atoms with Crippen molar-refractivity contribution in [2.45, 2.75) is 44.6 Å². The summed E-state index contributed by atoms with van der Waals surface area (Å²) in [6.45, 7) is 3.33. The molecule has 2 N–H and O–H groups in total. The molecule has 2 aliphatic heterocycles. The predicted octanol–water partition coefficient (Wildman–Crippen LogP) is 2.15. The van der Waals surface area contributed by atoms with E-state index >= 15 is 0 Å². The van der Waals surface area contributed by atoms with E-state index in [4.69, 9.17) is 0 Å². The van der Waals surface area contributed by atoms with Gasteiger partial charge in [-0.1, -0.05) is 30.3 Å². The molecule has 2 saturated heterocycles. The van der Waals surface area contributed by atoms with Crippen LogP contribution in [0.2, 0.25) is 0 Å². The maximum Gasteiger partial charge on any atom is 0.223 e. The van der Waals surface area contributed by atoms with Gasteiger partial charge in [-0.2, -0.15) is 0 Å². The normalized spacial score (nSPS) is 20.9. The van der Waals surface area contributed by atoms with E-state index in [0.717, 1.165) is 45.2 Å². The number of halogens is 1. The van der Waals surface area contributed by atoms with Crippen LogP contribution in [-0.2, 0) is 16.0 Å². The highest BCUT2D eigenvalue weighted by Crippen LogP contribution is 2.19. The number of rotatable bonds is 5. The van der Waals surface area contributed by atoms with Gasteiger partial charge in [-0.3, -0.25) is 9.59 Å². The number of carbonyl (C=O) groups is 2. The second-order valence-electron chi connectivity index (χ2n) is 7.19. The van der Waals surface area contributed by atoms with Crippen LogP contribution in [0.3, 0.4) is 0 Å². The Kier molecular flexibility index (Phi) is 8.39. The van der Waals surface area contributed by atoms with Gasteiger partial charge in [-0.15, -0.1) is 12.4 Å². The summed E-state index contributed by atoms with van der Waals surface area (Å²) in [4.78, 5) is 26.7. The lowest BCUT2D eigenvalue weighted by molar-refractivity contribution is -0.135. The molecule has 6 heteroatoms. The molecular weight excluding hydrogens is 350 g/mol. The van der Waals surface area contributed by atoms with E-state index in [1.54, 1.807) is 0 Å². The van der Waals surface area contributed by atoms with Crippen molar-refractivity contribution >= 4 is 24.2 Å². The molecular formula is C20H30ClN3O2. The van der Waals surface area contributed by atoms with Crippen LogP contribution >= 0.6 is 12.4 Å². The zero-order chi connectivity index (χ0) is 17.5. The molecule has 0 unspecified atom stereocenters. The summed E-state index contributed by atoms with van der Waals surface area (Å²) in [5.74, 6) is 0.435. The molecule has 0 aromatic heterocycles. The van der Waals surface area contributed by atoms with Gasteiger partial charge >= 0.3 is 0 Å². The third-order valence-corrected chi connectivity index (χ3v) is 5.33. The van der Waals surface area contributed by atoms with Crippen LogP contribution in [-0.4, -0.2) is 48.9 Å². The Morgan fingerprint density at radius 1 is 1.12 bits per heavy atom. The van der Waals surface area contributed by atoms with Gasteiger partial charge in [0.15, 0.2) is 0 Å². The van der Waals surface area contributed by atoms with Crippen molar-refractivity contribution in [2.75, 3.05) is 26.2 Å². The number of hydrogen-bond acceptors (Lipinski definition) is 3. The van der Waals surface area contributed by atoms with Crippen molar-refractivity contribution in [1.29, 1.82) is 0 Å². The number of amides is 2. The largest absolute Gasteiger partial charge is 0.352 e. The van der Waals surface area contributed by atoms with E-state index in [1.165, 1.54) is 5.56 Å². The fourth-order valence-corrected chi connectivity index (χ4v) is 3.74. The maximum atomic E-state index is 12.4. The molecule has 2 aliphatic rings. The van der Waals surface area contributed by atoms with Crippen LogP contribution in [0, 0.1) is 5.92 Å². The summed E-state index contributed by atoms with van der Waals surface area (Å²) in [5.41, 5.74) is 1.20. The highest BCUT2D eigenvalue weighted by atomic mass is 35.5. The topological polar surface area (TPSA) is 61.4 Å². The minimum absolute atomic E-state index is 0. The van der Waals surface area contributed by atoms with Gasteiger partial charge in [0, 0.05) is 38.0 Å². The maximum absolute atomic E-state index is 12.4. The Balaban J connectivity index is 0.00000243. The Labute approximate surface area is 162 Å². The first kappa shape index (κ1) is 20.7. The number of carbonyl (C=O) groups excluding carboxylic acids is 2. The van der Waals surface area contributed by atoms with Crippen LogP contribution in [0.5, 0.6) is 0 Å². The second-order valence-corrected chi connectivity index (χ2v) is 7.19. The van der Waals surface area contributed by atoms with E-state index in [1.807, 2.05) is 23.1 Å². The molecule has 0 bridgehead atoms. The number of hydrogen-bond donors (Lipinski definition) is 2. The third kappa shape index (κ3) is 5.99. The van der Waals surface area contributed by atoms with Crippen molar-refractivity contribution in [2.24, 2.45) is 5.92 Å². The van der Waals surface area contributed by atoms with Gasteiger partial charge < -0.3 is 15.5 Å². The Morgan fingerprint density at radius 2 is 1.85 bits per heavy atom. The molecule has 2 amide bonds. The number of likely N-dealkylation sites (tertiary alicyclic amines) is 1. The van der Waals surface area contributed by atoms with Crippen molar-refractivity contribution in [1.82, 2.24) is 15.5 Å². The van der Waals surface area contributed by atoms with Gasteiger partial charge in [-0.05, 0) is 44.2 Å². The van der Waals surface area contributed by atoms with E-state index in [9.17, 15) is 9.59 Å². The molecule has 26 heavy (non-hydrogen) atoms. The second kappa shape index (κ2) is 10.5. The molecule has 2 fully saturated rings. The Bertz CT molecular complexity index is 568. The van der Waals surface area contributed by atoms with Crippen molar-refractivity contribution in [3.8, 4) is 0 Å². The standard InChI is InChI=1S/C20H29N3O2.ClH/c24-19(9-8-16-5-2-1-3-6-16)23-13-10-17(11-14-23)20(25)22-18-7-4-12-21-15-18;/h1-3,5-6,17-18,21H,4,7-15H2,(H,22,25);1H/t18-;/m0./s1. The van der Waals surface area contributed by atoms with Crippen LogP contribution in [0.1, 0.15) is 37.7 Å². The van der Waals surface area contributed by atoms with Crippen molar-refractivity contribution in [3.05, 3.63) is 35.9 Å². The van der Waals surface area contributed by atoms with Gasteiger partial charge in [0.05, 0.1) is 0 Å². The molecule has 1 atom stereocenters. The number of nitrogens with zero attached hydrogens (tertiary/aromatic N) is 1. The molecule has 5 nitrogen and oxygen atoms in total. The van der Waals surface area contributed by atoms with Gasteiger partial charge in [0.2, 0.25) is 11.8 Å². The molecule has 0 aliphatic carbocycles. The zero-order valence-electron chi connectivity index (χ0n) is 15.3. The van der Waals surface area contributed by atoms with E-state index in [2.05, 4.69) is 22.8 Å². The average molecular weight is 380 g/mol. The fraction of sp³-hybridized carbons (Fsp3) is 0.600. The SMILES string of the molecule is Cl.O=C(N[C@H]1CCCNC1)C1CCN(C(=O)CCc2ccccc2)CC1. The van der Waals surface area contributed by atoms with Crippen LogP contribution < -0.4 is 10.6 Å². The number of nitrogens with one attached hydrogen (secondary N) is 2. The van der Waals surface area contributed by atoms with Gasteiger partial charge in [0.1, 0.15) is 0 Å².